The van der Waals surface area contributed by atoms with Crippen molar-refractivity contribution in [2.24, 2.45) is 22.7 Å². The zero-order valence-corrected chi connectivity index (χ0v) is 16.6. The zero-order valence-electron chi connectivity index (χ0n) is 16.6. The lowest BCUT2D eigenvalue weighted by molar-refractivity contribution is -0.116. The van der Waals surface area contributed by atoms with Crippen LogP contribution < -0.4 is 0 Å². The standard InChI is InChI=1S/C22H34O3/c1-15-17-8-11-22(3)18(16(14-25-5)10-13-24-4)6-7-20(22)21(17,2)12-9-19(15)23/h7,16,18H,6,8-14H2,1-5H3/t16-,18+,21-,22+/m1/s1. The van der Waals surface area contributed by atoms with E-state index < -0.39 is 0 Å². The van der Waals surface area contributed by atoms with Crippen LogP contribution in [0.3, 0.4) is 0 Å². The first kappa shape index (κ1) is 18.8. The van der Waals surface area contributed by atoms with Gasteiger partial charge in [0, 0.05) is 39.3 Å². The molecular formula is C22H34O3. The van der Waals surface area contributed by atoms with E-state index in [1.54, 1.807) is 12.7 Å². The van der Waals surface area contributed by atoms with E-state index in [0.717, 1.165) is 50.9 Å². The number of hydrogen-bond acceptors (Lipinski definition) is 3. The summed E-state index contributed by atoms with van der Waals surface area (Å²) in [5.74, 6) is 1.52. The van der Waals surface area contributed by atoms with Crippen LogP contribution in [0.25, 0.3) is 0 Å². The predicted octanol–water partition coefficient (Wildman–Crippen LogP) is 4.72. The van der Waals surface area contributed by atoms with Crippen LogP contribution in [0, 0.1) is 22.7 Å². The van der Waals surface area contributed by atoms with Gasteiger partial charge < -0.3 is 9.47 Å². The van der Waals surface area contributed by atoms with E-state index in [9.17, 15) is 4.79 Å². The molecule has 3 aliphatic rings. The van der Waals surface area contributed by atoms with Gasteiger partial charge in [0.15, 0.2) is 5.78 Å². The average molecular weight is 347 g/mol. The predicted molar refractivity (Wildman–Crippen MR) is 100 cm³/mol. The van der Waals surface area contributed by atoms with Crippen LogP contribution >= 0.6 is 0 Å². The molecular weight excluding hydrogens is 312 g/mol. The van der Waals surface area contributed by atoms with Gasteiger partial charge in [0.1, 0.15) is 0 Å². The summed E-state index contributed by atoms with van der Waals surface area (Å²) in [6.07, 6.45) is 8.63. The van der Waals surface area contributed by atoms with Crippen molar-refractivity contribution < 1.29 is 14.3 Å². The fourth-order valence-corrected chi connectivity index (χ4v) is 6.14. The van der Waals surface area contributed by atoms with Gasteiger partial charge in [-0.15, -0.1) is 0 Å². The van der Waals surface area contributed by atoms with E-state index in [4.69, 9.17) is 9.47 Å². The molecule has 1 fully saturated rings. The molecule has 140 valence electrons. The molecule has 3 aliphatic carbocycles. The maximum Gasteiger partial charge on any atom is 0.158 e. The zero-order chi connectivity index (χ0) is 18.2. The lowest BCUT2D eigenvalue weighted by Crippen LogP contribution is -2.44. The fourth-order valence-electron chi connectivity index (χ4n) is 6.14. The number of carbonyl (C=O) groups excluding carboxylic acids is 1. The minimum absolute atomic E-state index is 0.0959. The number of rotatable bonds is 6. The number of Topliss-reactive ketones (excluding diaryl/α,β-unsaturated/α-hetero) is 1. The van der Waals surface area contributed by atoms with Crippen molar-refractivity contribution in [1.29, 1.82) is 0 Å². The summed E-state index contributed by atoms with van der Waals surface area (Å²) in [7, 11) is 3.59. The summed E-state index contributed by atoms with van der Waals surface area (Å²) < 4.78 is 10.9. The van der Waals surface area contributed by atoms with Crippen molar-refractivity contribution >= 4 is 5.78 Å². The van der Waals surface area contributed by atoms with Gasteiger partial charge in [-0.05, 0) is 61.9 Å². The molecule has 3 heteroatoms. The first-order chi connectivity index (χ1) is 11.9. The molecule has 3 nitrogen and oxygen atoms in total. The molecule has 0 heterocycles. The summed E-state index contributed by atoms with van der Waals surface area (Å²) in [6, 6.07) is 0. The van der Waals surface area contributed by atoms with E-state index in [1.807, 2.05) is 7.11 Å². The van der Waals surface area contributed by atoms with Gasteiger partial charge in [-0.2, -0.15) is 0 Å². The molecule has 0 saturated heterocycles. The molecule has 0 aliphatic heterocycles. The van der Waals surface area contributed by atoms with Crippen molar-refractivity contribution in [2.45, 2.75) is 59.3 Å². The van der Waals surface area contributed by atoms with Crippen LogP contribution in [-0.2, 0) is 14.3 Å². The van der Waals surface area contributed by atoms with Gasteiger partial charge in [0.25, 0.3) is 0 Å². The van der Waals surface area contributed by atoms with Crippen LogP contribution in [0.1, 0.15) is 59.3 Å². The van der Waals surface area contributed by atoms with Crippen molar-refractivity contribution in [1.82, 2.24) is 0 Å². The third-order valence-electron chi connectivity index (χ3n) is 7.53. The summed E-state index contributed by atoms with van der Waals surface area (Å²) in [4.78, 5) is 12.2. The molecule has 0 amide bonds. The Balaban J connectivity index is 1.92. The Bertz CT molecular complexity index is 602. The topological polar surface area (TPSA) is 35.5 Å². The molecule has 1 saturated carbocycles. The largest absolute Gasteiger partial charge is 0.385 e. The number of allylic oxidation sites excluding steroid dienone is 4. The number of methoxy groups -OCH3 is 2. The quantitative estimate of drug-likeness (QED) is 0.653. The van der Waals surface area contributed by atoms with Gasteiger partial charge in [0.2, 0.25) is 0 Å². The maximum absolute atomic E-state index is 12.2. The molecule has 0 aromatic rings. The summed E-state index contributed by atoms with van der Waals surface area (Å²) in [5.41, 5.74) is 4.41. The van der Waals surface area contributed by atoms with Crippen LogP contribution in [0.2, 0.25) is 0 Å². The smallest absolute Gasteiger partial charge is 0.158 e. The Labute approximate surface area is 152 Å². The molecule has 0 unspecified atom stereocenters. The number of fused-ring (bicyclic) bond motifs is 3. The van der Waals surface area contributed by atoms with E-state index in [-0.39, 0.29) is 10.8 Å². The van der Waals surface area contributed by atoms with Crippen LogP contribution in [0.5, 0.6) is 0 Å². The van der Waals surface area contributed by atoms with Crippen LogP contribution in [0.15, 0.2) is 22.8 Å². The summed E-state index contributed by atoms with van der Waals surface area (Å²) in [5, 5.41) is 0. The molecule has 25 heavy (non-hydrogen) atoms. The molecule has 0 N–H and O–H groups in total. The SMILES string of the molecule is COCC[C@H](COC)[C@@H]1CC=C2[C@]3(C)CCC(=O)C(C)=C3CC[C@]21C. The summed E-state index contributed by atoms with van der Waals surface area (Å²) in [6.45, 7) is 8.52. The Morgan fingerprint density at radius 1 is 1.20 bits per heavy atom. The highest BCUT2D eigenvalue weighted by Crippen LogP contribution is 2.65. The normalized spacial score (nSPS) is 36.1. The van der Waals surface area contributed by atoms with E-state index in [2.05, 4.69) is 26.8 Å². The Morgan fingerprint density at radius 3 is 2.64 bits per heavy atom. The molecule has 0 bridgehead atoms. The fraction of sp³-hybridized carbons (Fsp3) is 0.773. The number of ketones is 1. The molecule has 0 aromatic heterocycles. The highest BCUT2D eigenvalue weighted by atomic mass is 16.5. The molecule has 4 atom stereocenters. The number of ether oxygens (including phenoxy) is 2. The molecule has 3 rings (SSSR count). The van der Waals surface area contributed by atoms with E-state index >= 15 is 0 Å². The van der Waals surface area contributed by atoms with Gasteiger partial charge in [-0.25, -0.2) is 0 Å². The highest BCUT2D eigenvalue weighted by molar-refractivity contribution is 5.97. The van der Waals surface area contributed by atoms with Crippen molar-refractivity contribution in [3.8, 4) is 0 Å². The first-order valence-electron chi connectivity index (χ1n) is 9.81. The third-order valence-corrected chi connectivity index (χ3v) is 7.53. The Morgan fingerprint density at radius 2 is 1.96 bits per heavy atom. The highest BCUT2D eigenvalue weighted by Gasteiger charge is 2.55. The van der Waals surface area contributed by atoms with Crippen molar-refractivity contribution in [2.75, 3.05) is 27.4 Å². The second kappa shape index (κ2) is 7.00. The van der Waals surface area contributed by atoms with Crippen LogP contribution in [0.4, 0.5) is 0 Å². The van der Waals surface area contributed by atoms with Crippen molar-refractivity contribution in [3.05, 3.63) is 22.8 Å². The Kier molecular flexibility index (Phi) is 5.28. The molecule has 0 aromatic carbocycles. The van der Waals surface area contributed by atoms with Crippen molar-refractivity contribution in [3.63, 3.8) is 0 Å². The lowest BCUT2D eigenvalue weighted by atomic mass is 9.51. The lowest BCUT2D eigenvalue weighted by Gasteiger charge is -2.52. The third kappa shape index (κ3) is 2.94. The second-order valence-electron chi connectivity index (χ2n) is 8.73. The number of carbonyl (C=O) groups is 1. The second-order valence-corrected chi connectivity index (χ2v) is 8.73. The molecule has 0 spiro atoms. The van der Waals surface area contributed by atoms with Gasteiger partial charge in [-0.3, -0.25) is 4.79 Å². The van der Waals surface area contributed by atoms with Crippen LogP contribution in [-0.4, -0.2) is 33.2 Å². The van der Waals surface area contributed by atoms with E-state index in [1.165, 1.54) is 5.57 Å². The van der Waals surface area contributed by atoms with Gasteiger partial charge >= 0.3 is 0 Å². The average Bonchev–Trinajstić information content (AvgIpc) is 2.94. The first-order valence-corrected chi connectivity index (χ1v) is 9.81. The Hall–Kier alpha value is -0.930. The van der Waals surface area contributed by atoms with Gasteiger partial charge in [0.05, 0.1) is 0 Å². The molecule has 0 radical (unpaired) electrons. The summed E-state index contributed by atoms with van der Waals surface area (Å²) >= 11 is 0. The maximum atomic E-state index is 12.2. The van der Waals surface area contributed by atoms with E-state index in [0.29, 0.717) is 24.0 Å². The number of hydrogen-bond donors (Lipinski definition) is 0. The minimum Gasteiger partial charge on any atom is -0.385 e. The van der Waals surface area contributed by atoms with Gasteiger partial charge in [-0.1, -0.05) is 31.1 Å². The minimum atomic E-state index is 0.0959. The monoisotopic (exact) mass is 346 g/mol.